The Labute approximate surface area is 345 Å². The fraction of sp³-hybridized carbons (Fsp3) is 0.375. The lowest BCUT2D eigenvalue weighted by atomic mass is 9.94. The number of carbonyl (C=O) groups is 4. The smallest absolute Gasteiger partial charge is 0.407 e. The summed E-state index contributed by atoms with van der Waals surface area (Å²) >= 11 is 0. The second-order valence-corrected chi connectivity index (χ2v) is 15.9. The number of hydrogen-bond acceptors (Lipinski definition) is 8. The molecule has 1 spiro atoms. The standard InChI is InChI=1S/C48H53N3O8/c52-29-36(27-33-21-23-37(24-22-33)57-30-34-13-3-1-4-14-34)49-44(53)28-35-15-5-2-6-20-43(46(55)59-32-48(51-45(35)54)25-11-12-26-48)50-47(56)58-31-42-40-18-9-7-16-38(40)39-17-8-10-19-41(39)42/h1-5,7-10,13-14,16-19,21-24,35-36,42-43,52H,6,11-12,15,20,25-32H2,(H,49,53)(H,50,56)(H,51,54). The van der Waals surface area contributed by atoms with E-state index >= 15 is 0 Å². The molecule has 7 rings (SSSR count). The van der Waals surface area contributed by atoms with Crippen LogP contribution in [-0.2, 0) is 36.9 Å². The molecule has 308 valence electrons. The first-order valence-corrected chi connectivity index (χ1v) is 20.7. The summed E-state index contributed by atoms with van der Waals surface area (Å²) in [5.41, 5.74) is 5.63. The van der Waals surface area contributed by atoms with Gasteiger partial charge in [0.25, 0.3) is 0 Å². The minimum Gasteiger partial charge on any atom is -0.489 e. The van der Waals surface area contributed by atoms with E-state index in [0.717, 1.165) is 52.0 Å². The number of carbonyl (C=O) groups excluding carboxylic acids is 4. The lowest BCUT2D eigenvalue weighted by Crippen LogP contribution is -2.53. The van der Waals surface area contributed by atoms with Gasteiger partial charge in [0.15, 0.2) is 0 Å². The average Bonchev–Trinajstić information content (AvgIpc) is 3.86. The molecule has 0 saturated heterocycles. The molecule has 4 aromatic carbocycles. The van der Waals surface area contributed by atoms with Crippen LogP contribution in [0, 0.1) is 5.92 Å². The SMILES string of the molecule is O=C(CC1CC=CCCC(NC(=O)OCC2c3ccccc3-c3ccccc32)C(=O)OCC2(CCCC2)NC1=O)NC(CO)Cc1ccc(OCc2ccccc2)cc1. The number of aliphatic hydroxyl groups excluding tert-OH is 1. The Morgan fingerprint density at radius 2 is 1.53 bits per heavy atom. The monoisotopic (exact) mass is 799 g/mol. The molecule has 3 amide bonds. The maximum absolute atomic E-state index is 13.9. The molecule has 0 radical (unpaired) electrons. The van der Waals surface area contributed by atoms with Gasteiger partial charge in [-0.3, -0.25) is 9.59 Å². The Morgan fingerprint density at radius 1 is 0.847 bits per heavy atom. The molecule has 59 heavy (non-hydrogen) atoms. The van der Waals surface area contributed by atoms with Crippen molar-refractivity contribution in [3.05, 3.63) is 138 Å². The maximum Gasteiger partial charge on any atom is 0.407 e. The summed E-state index contributed by atoms with van der Waals surface area (Å²) in [4.78, 5) is 54.0. The topological polar surface area (TPSA) is 152 Å². The van der Waals surface area contributed by atoms with Gasteiger partial charge in [0.2, 0.25) is 11.8 Å². The highest BCUT2D eigenvalue weighted by Gasteiger charge is 2.39. The summed E-state index contributed by atoms with van der Waals surface area (Å²) in [6.07, 6.45) is 7.22. The Kier molecular flexibility index (Phi) is 13.7. The summed E-state index contributed by atoms with van der Waals surface area (Å²) in [6, 6.07) is 32.1. The zero-order valence-electron chi connectivity index (χ0n) is 33.3. The van der Waals surface area contributed by atoms with E-state index in [2.05, 4.69) is 28.1 Å². The number of nitrogens with one attached hydrogen (secondary N) is 3. The van der Waals surface area contributed by atoms with Crippen molar-refractivity contribution in [1.82, 2.24) is 16.0 Å². The molecule has 4 N–H and O–H groups in total. The van der Waals surface area contributed by atoms with Gasteiger partial charge in [-0.25, -0.2) is 9.59 Å². The molecule has 3 atom stereocenters. The van der Waals surface area contributed by atoms with Gasteiger partial charge in [-0.2, -0.15) is 0 Å². The zero-order valence-corrected chi connectivity index (χ0v) is 33.3. The summed E-state index contributed by atoms with van der Waals surface area (Å²) in [5.74, 6) is -1.31. The molecule has 4 aromatic rings. The minimum atomic E-state index is -0.958. The van der Waals surface area contributed by atoms with E-state index in [1.807, 2.05) is 103 Å². The number of ether oxygens (including phenoxy) is 3. The largest absolute Gasteiger partial charge is 0.489 e. The molecule has 1 aliphatic heterocycles. The third kappa shape index (κ3) is 10.8. The first-order chi connectivity index (χ1) is 28.8. The number of aliphatic hydroxyl groups is 1. The lowest BCUT2D eigenvalue weighted by molar-refractivity contribution is -0.149. The van der Waals surface area contributed by atoms with Crippen LogP contribution in [0.4, 0.5) is 4.79 Å². The van der Waals surface area contributed by atoms with Crippen LogP contribution in [0.15, 0.2) is 115 Å². The van der Waals surface area contributed by atoms with Crippen LogP contribution in [0.2, 0.25) is 0 Å². The molecule has 11 nitrogen and oxygen atoms in total. The van der Waals surface area contributed by atoms with Crippen LogP contribution in [0.5, 0.6) is 5.75 Å². The third-order valence-electron chi connectivity index (χ3n) is 11.6. The van der Waals surface area contributed by atoms with Crippen molar-refractivity contribution in [2.75, 3.05) is 19.8 Å². The van der Waals surface area contributed by atoms with Gasteiger partial charge in [0, 0.05) is 12.3 Å². The van der Waals surface area contributed by atoms with E-state index in [1.54, 1.807) is 0 Å². The molecule has 11 heteroatoms. The van der Waals surface area contributed by atoms with Gasteiger partial charge in [-0.15, -0.1) is 0 Å². The Morgan fingerprint density at radius 3 is 2.22 bits per heavy atom. The summed E-state index contributed by atoms with van der Waals surface area (Å²) < 4.78 is 17.5. The Bertz CT molecular complexity index is 2050. The molecular formula is C48H53N3O8. The predicted molar refractivity (Wildman–Crippen MR) is 223 cm³/mol. The van der Waals surface area contributed by atoms with E-state index < -0.39 is 35.6 Å². The van der Waals surface area contributed by atoms with Crippen molar-refractivity contribution in [3.63, 3.8) is 0 Å². The van der Waals surface area contributed by atoms with Gasteiger partial charge in [-0.1, -0.05) is 116 Å². The highest BCUT2D eigenvalue weighted by atomic mass is 16.6. The fourth-order valence-corrected chi connectivity index (χ4v) is 8.40. The molecule has 1 heterocycles. The zero-order chi connectivity index (χ0) is 41.0. The number of cyclic esters (lactones) is 1. The number of allylic oxidation sites excluding steroid dienone is 2. The summed E-state index contributed by atoms with van der Waals surface area (Å²) in [7, 11) is 0. The van der Waals surface area contributed by atoms with Crippen molar-refractivity contribution < 1.29 is 38.5 Å². The van der Waals surface area contributed by atoms with E-state index in [1.165, 1.54) is 0 Å². The van der Waals surface area contributed by atoms with Crippen LogP contribution >= 0.6 is 0 Å². The molecule has 1 saturated carbocycles. The molecule has 2 aliphatic carbocycles. The highest BCUT2D eigenvalue weighted by Crippen LogP contribution is 2.44. The van der Waals surface area contributed by atoms with Crippen molar-refractivity contribution in [3.8, 4) is 16.9 Å². The quantitative estimate of drug-likeness (QED) is 0.0892. The van der Waals surface area contributed by atoms with Crippen molar-refractivity contribution >= 4 is 23.9 Å². The van der Waals surface area contributed by atoms with Gasteiger partial charge >= 0.3 is 12.1 Å². The predicted octanol–water partition coefficient (Wildman–Crippen LogP) is 6.91. The Balaban J connectivity index is 0.943. The van der Waals surface area contributed by atoms with E-state index in [4.69, 9.17) is 14.2 Å². The number of hydrogen-bond donors (Lipinski definition) is 4. The maximum atomic E-state index is 13.9. The Hall–Kier alpha value is -5.94. The van der Waals surface area contributed by atoms with E-state index in [0.29, 0.717) is 38.7 Å². The first kappa shape index (κ1) is 41.2. The van der Waals surface area contributed by atoms with Gasteiger partial charge in [-0.05, 0) is 84.0 Å². The number of rotatable bonds is 12. The normalized spacial score (nSPS) is 19.5. The van der Waals surface area contributed by atoms with Crippen LogP contribution in [-0.4, -0.2) is 66.4 Å². The van der Waals surface area contributed by atoms with Crippen molar-refractivity contribution in [2.24, 2.45) is 5.92 Å². The van der Waals surface area contributed by atoms with Gasteiger partial charge < -0.3 is 35.3 Å². The first-order valence-electron chi connectivity index (χ1n) is 20.7. The minimum absolute atomic E-state index is 0.0462. The fourth-order valence-electron chi connectivity index (χ4n) is 8.40. The number of amides is 3. The average molecular weight is 800 g/mol. The van der Waals surface area contributed by atoms with Crippen LogP contribution < -0.4 is 20.7 Å². The highest BCUT2D eigenvalue weighted by molar-refractivity contribution is 5.87. The molecular weight excluding hydrogens is 747 g/mol. The molecule has 0 bridgehead atoms. The van der Waals surface area contributed by atoms with E-state index in [9.17, 15) is 24.3 Å². The third-order valence-corrected chi connectivity index (χ3v) is 11.6. The van der Waals surface area contributed by atoms with Crippen LogP contribution in [0.3, 0.4) is 0 Å². The molecule has 1 fully saturated rings. The molecule has 0 aromatic heterocycles. The molecule has 3 unspecified atom stereocenters. The second kappa shape index (κ2) is 19.7. The van der Waals surface area contributed by atoms with Crippen molar-refractivity contribution in [1.29, 1.82) is 0 Å². The number of benzene rings is 4. The van der Waals surface area contributed by atoms with E-state index in [-0.39, 0.29) is 50.4 Å². The second-order valence-electron chi connectivity index (χ2n) is 15.9. The summed E-state index contributed by atoms with van der Waals surface area (Å²) in [5, 5.41) is 19.0. The lowest BCUT2D eigenvalue weighted by Gasteiger charge is -2.32. The molecule has 3 aliphatic rings. The van der Waals surface area contributed by atoms with Gasteiger partial charge in [0.05, 0.1) is 24.1 Å². The number of fused-ring (bicyclic) bond motifs is 3. The van der Waals surface area contributed by atoms with Crippen LogP contribution in [0.1, 0.15) is 79.5 Å². The van der Waals surface area contributed by atoms with Crippen LogP contribution in [0.25, 0.3) is 11.1 Å². The number of esters is 1. The van der Waals surface area contributed by atoms with Gasteiger partial charge in [0.1, 0.15) is 31.6 Å². The van der Waals surface area contributed by atoms with Crippen molar-refractivity contribution in [2.45, 2.75) is 87.9 Å². The summed E-state index contributed by atoms with van der Waals surface area (Å²) in [6.45, 7) is 0.250. The number of alkyl carbamates (subject to hydrolysis) is 1.